The molecule has 8 heteroatoms. The molecule has 1 atom stereocenters. The van der Waals surface area contributed by atoms with Crippen LogP contribution in [0.2, 0.25) is 0 Å². The second-order valence-corrected chi connectivity index (χ2v) is 7.64. The van der Waals surface area contributed by atoms with Crippen molar-refractivity contribution in [2.24, 2.45) is 0 Å². The van der Waals surface area contributed by atoms with Crippen molar-refractivity contribution in [1.82, 2.24) is 24.4 Å². The maximum absolute atomic E-state index is 14.6. The van der Waals surface area contributed by atoms with E-state index in [2.05, 4.69) is 26.9 Å². The molecule has 1 fully saturated rings. The first-order valence-corrected chi connectivity index (χ1v) is 9.64. The lowest BCUT2D eigenvalue weighted by molar-refractivity contribution is 0.125. The molecule has 0 amide bonds. The minimum Gasteiger partial charge on any atom is -0.492 e. The van der Waals surface area contributed by atoms with E-state index in [1.165, 1.54) is 21.9 Å². The number of nitrogens with zero attached hydrogens (tertiary/aromatic N) is 5. The zero-order valence-electron chi connectivity index (χ0n) is 14.9. The zero-order valence-corrected chi connectivity index (χ0v) is 15.7. The molecule has 1 unspecified atom stereocenters. The van der Waals surface area contributed by atoms with Crippen LogP contribution in [0.3, 0.4) is 0 Å². The van der Waals surface area contributed by atoms with E-state index >= 15 is 0 Å². The van der Waals surface area contributed by atoms with Crippen molar-refractivity contribution < 1.29 is 9.50 Å². The fourth-order valence-corrected chi connectivity index (χ4v) is 4.53. The molecule has 0 aliphatic carbocycles. The highest BCUT2D eigenvalue weighted by atomic mass is 32.1. The quantitative estimate of drug-likeness (QED) is 0.759. The van der Waals surface area contributed by atoms with Gasteiger partial charge in [-0.15, -0.1) is 5.10 Å². The number of aromatic nitrogens is 3. The van der Waals surface area contributed by atoms with Crippen LogP contribution >= 0.6 is 11.3 Å². The first-order chi connectivity index (χ1) is 12.6. The molecule has 0 saturated carbocycles. The van der Waals surface area contributed by atoms with Crippen molar-refractivity contribution in [3.05, 3.63) is 46.3 Å². The van der Waals surface area contributed by atoms with E-state index in [1.54, 1.807) is 12.1 Å². The highest BCUT2D eigenvalue weighted by Crippen LogP contribution is 2.40. The summed E-state index contributed by atoms with van der Waals surface area (Å²) in [6, 6.07) is 6.46. The Morgan fingerprint density at radius 2 is 1.96 bits per heavy atom. The Balaban J connectivity index is 1.81. The molecule has 3 aromatic rings. The van der Waals surface area contributed by atoms with Crippen LogP contribution in [0.1, 0.15) is 29.2 Å². The Hall–Kier alpha value is -2.03. The van der Waals surface area contributed by atoms with Gasteiger partial charge in [-0.3, -0.25) is 4.90 Å². The lowest BCUT2D eigenvalue weighted by Crippen LogP contribution is -2.46. The van der Waals surface area contributed by atoms with Crippen LogP contribution in [0.4, 0.5) is 4.39 Å². The van der Waals surface area contributed by atoms with E-state index in [0.717, 1.165) is 26.2 Å². The summed E-state index contributed by atoms with van der Waals surface area (Å²) >= 11 is 1.38. The van der Waals surface area contributed by atoms with Crippen LogP contribution in [0.15, 0.2) is 24.3 Å². The van der Waals surface area contributed by atoms with Gasteiger partial charge in [0.25, 0.3) is 0 Å². The fourth-order valence-electron chi connectivity index (χ4n) is 3.40. The van der Waals surface area contributed by atoms with Crippen molar-refractivity contribution in [2.75, 3.05) is 33.2 Å². The number of thiazole rings is 1. The second kappa shape index (κ2) is 6.94. The summed E-state index contributed by atoms with van der Waals surface area (Å²) in [5.41, 5.74) is 0.576. The van der Waals surface area contributed by atoms with Crippen LogP contribution in [-0.2, 0) is 6.42 Å². The molecule has 0 spiro atoms. The molecule has 26 heavy (non-hydrogen) atoms. The van der Waals surface area contributed by atoms with E-state index in [4.69, 9.17) is 0 Å². The van der Waals surface area contributed by atoms with Gasteiger partial charge in [-0.25, -0.2) is 9.37 Å². The van der Waals surface area contributed by atoms with Crippen LogP contribution in [-0.4, -0.2) is 62.7 Å². The minimum absolute atomic E-state index is 0.0596. The standard InChI is InChI=1S/C18H22FN5OS/c1-3-14-20-18-24(21-14)17(25)16(26-18)15(12-6-4-5-7-13(12)19)23-10-8-22(2)9-11-23/h4-7,15,25H,3,8-11H2,1-2H3. The van der Waals surface area contributed by atoms with Gasteiger partial charge in [-0.2, -0.15) is 4.52 Å². The predicted octanol–water partition coefficient (Wildman–Crippen LogP) is 2.53. The normalized spacial score (nSPS) is 17.8. The molecule has 0 bridgehead atoms. The van der Waals surface area contributed by atoms with Gasteiger partial charge in [0.2, 0.25) is 10.8 Å². The third kappa shape index (κ3) is 2.98. The number of likely N-dealkylation sites (N-methyl/N-ethyl adjacent to an activating group) is 1. The Morgan fingerprint density at radius 3 is 2.62 bits per heavy atom. The summed E-state index contributed by atoms with van der Waals surface area (Å²) in [7, 11) is 2.09. The van der Waals surface area contributed by atoms with Gasteiger partial charge in [0.1, 0.15) is 5.82 Å². The number of hydrogen-bond donors (Lipinski definition) is 1. The third-order valence-electron chi connectivity index (χ3n) is 4.91. The van der Waals surface area contributed by atoms with Gasteiger partial charge < -0.3 is 10.0 Å². The summed E-state index contributed by atoms with van der Waals surface area (Å²) in [5.74, 6) is 0.494. The van der Waals surface area contributed by atoms with Crippen molar-refractivity contribution in [1.29, 1.82) is 0 Å². The molecule has 4 rings (SSSR count). The lowest BCUT2D eigenvalue weighted by atomic mass is 10.0. The van der Waals surface area contributed by atoms with E-state index in [9.17, 15) is 9.50 Å². The maximum atomic E-state index is 14.6. The smallest absolute Gasteiger partial charge is 0.230 e. The first kappa shape index (κ1) is 17.4. The molecular formula is C18H22FN5OS. The fraction of sp³-hybridized carbons (Fsp3) is 0.444. The summed E-state index contributed by atoms with van der Waals surface area (Å²) in [5, 5.41) is 15.2. The molecule has 0 radical (unpaired) electrons. The lowest BCUT2D eigenvalue weighted by Gasteiger charge is -2.37. The van der Waals surface area contributed by atoms with E-state index < -0.39 is 0 Å². The van der Waals surface area contributed by atoms with Gasteiger partial charge >= 0.3 is 0 Å². The van der Waals surface area contributed by atoms with Crippen LogP contribution in [0.5, 0.6) is 5.88 Å². The number of fused-ring (bicyclic) bond motifs is 1. The highest BCUT2D eigenvalue weighted by Gasteiger charge is 2.32. The van der Waals surface area contributed by atoms with Gasteiger partial charge in [0, 0.05) is 38.2 Å². The van der Waals surface area contributed by atoms with Crippen LogP contribution in [0, 0.1) is 5.82 Å². The third-order valence-corrected chi connectivity index (χ3v) is 5.98. The number of benzene rings is 1. The molecule has 138 valence electrons. The Kier molecular flexibility index (Phi) is 4.64. The molecule has 1 N–H and O–H groups in total. The number of hydrogen-bond acceptors (Lipinski definition) is 6. The van der Waals surface area contributed by atoms with Crippen LogP contribution in [0.25, 0.3) is 4.96 Å². The van der Waals surface area contributed by atoms with Gasteiger partial charge in [-0.05, 0) is 13.1 Å². The number of halogens is 1. The number of rotatable bonds is 4. The largest absolute Gasteiger partial charge is 0.492 e. The summed E-state index contributed by atoms with van der Waals surface area (Å²) < 4.78 is 16.1. The zero-order chi connectivity index (χ0) is 18.3. The molecule has 1 aliphatic heterocycles. The Morgan fingerprint density at radius 1 is 1.23 bits per heavy atom. The van der Waals surface area contributed by atoms with Crippen molar-refractivity contribution >= 4 is 16.3 Å². The number of aryl methyl sites for hydroxylation is 1. The second-order valence-electron chi connectivity index (χ2n) is 6.63. The van der Waals surface area contributed by atoms with Gasteiger partial charge in [0.05, 0.1) is 10.9 Å². The molecule has 3 heterocycles. The molecule has 1 saturated heterocycles. The summed E-state index contributed by atoms with van der Waals surface area (Å²) in [6.07, 6.45) is 0.707. The topological polar surface area (TPSA) is 56.9 Å². The maximum Gasteiger partial charge on any atom is 0.230 e. The molecule has 1 aromatic carbocycles. The first-order valence-electron chi connectivity index (χ1n) is 8.82. The predicted molar refractivity (Wildman–Crippen MR) is 99.2 cm³/mol. The Bertz CT molecular complexity index is 916. The highest BCUT2D eigenvalue weighted by molar-refractivity contribution is 7.17. The number of aromatic hydroxyl groups is 1. The van der Waals surface area contributed by atoms with Crippen molar-refractivity contribution in [2.45, 2.75) is 19.4 Å². The van der Waals surface area contributed by atoms with Gasteiger partial charge in [0.15, 0.2) is 5.82 Å². The molecule has 2 aromatic heterocycles. The van der Waals surface area contributed by atoms with Crippen LogP contribution < -0.4 is 0 Å². The van der Waals surface area contributed by atoms with E-state index in [0.29, 0.717) is 27.6 Å². The van der Waals surface area contributed by atoms with Gasteiger partial charge in [-0.1, -0.05) is 36.5 Å². The van der Waals surface area contributed by atoms with Crippen molar-refractivity contribution in [3.63, 3.8) is 0 Å². The molecular weight excluding hydrogens is 353 g/mol. The molecule has 1 aliphatic rings. The average molecular weight is 375 g/mol. The van der Waals surface area contributed by atoms with E-state index in [1.807, 2.05) is 13.0 Å². The Labute approximate surface area is 155 Å². The molecule has 6 nitrogen and oxygen atoms in total. The van der Waals surface area contributed by atoms with E-state index in [-0.39, 0.29) is 17.7 Å². The monoisotopic (exact) mass is 375 g/mol. The summed E-state index contributed by atoms with van der Waals surface area (Å²) in [4.78, 5) is 10.3. The minimum atomic E-state index is -0.344. The summed E-state index contributed by atoms with van der Waals surface area (Å²) in [6.45, 7) is 5.41. The average Bonchev–Trinajstić information content (AvgIpc) is 3.18. The number of piperazine rings is 1. The van der Waals surface area contributed by atoms with Crippen molar-refractivity contribution in [3.8, 4) is 5.88 Å². The SMILES string of the molecule is CCc1nc2sc(C(c3ccccc3F)N3CCN(C)CC3)c(O)n2n1.